The summed E-state index contributed by atoms with van der Waals surface area (Å²) in [6.45, 7) is -1.90. The average molecular weight is 536 g/mol. The summed E-state index contributed by atoms with van der Waals surface area (Å²) >= 11 is 0. The van der Waals surface area contributed by atoms with Crippen LogP contribution in [0, 0.1) is 11.6 Å². The summed E-state index contributed by atoms with van der Waals surface area (Å²) in [6.07, 6.45) is -2.33. The number of alkyl halides is 3. The van der Waals surface area contributed by atoms with Crippen LogP contribution in [0.25, 0.3) is 11.1 Å². The number of rotatable bonds is 9. The van der Waals surface area contributed by atoms with Gasteiger partial charge >= 0.3 is 6.36 Å². The zero-order chi connectivity index (χ0) is 30.0. The van der Waals surface area contributed by atoms with Crippen LogP contribution >= 0.6 is 0 Å². The molecule has 1 aromatic heterocycles. The minimum absolute atomic E-state index is 0.196. The van der Waals surface area contributed by atoms with E-state index in [4.69, 9.17) is 4.11 Å². The van der Waals surface area contributed by atoms with Crippen LogP contribution in [0.2, 0.25) is 0 Å². The van der Waals surface area contributed by atoms with Gasteiger partial charge < -0.3 is 9.84 Å². The van der Waals surface area contributed by atoms with Crippen molar-refractivity contribution in [3.8, 4) is 16.9 Å². The molecule has 0 saturated carbocycles. The fourth-order valence-electron chi connectivity index (χ4n) is 4.09. The maximum absolute atomic E-state index is 15.0. The van der Waals surface area contributed by atoms with E-state index in [2.05, 4.69) is 14.8 Å². The van der Waals surface area contributed by atoms with E-state index in [1.165, 1.54) is 48.5 Å². The third kappa shape index (κ3) is 6.35. The molecule has 0 aliphatic heterocycles. The van der Waals surface area contributed by atoms with Crippen molar-refractivity contribution < 1.29 is 35.9 Å². The predicted molar refractivity (Wildman–Crippen MR) is 130 cm³/mol. The summed E-state index contributed by atoms with van der Waals surface area (Å²) in [4.78, 5) is 4.84. The van der Waals surface area contributed by atoms with Crippen molar-refractivity contribution >= 4 is 0 Å². The van der Waals surface area contributed by atoms with E-state index in [0.29, 0.717) is 22.8 Å². The normalized spacial score (nSPS) is 15.8. The molecular formula is C27H25F5N4O2. The second-order valence-corrected chi connectivity index (χ2v) is 8.71. The van der Waals surface area contributed by atoms with Crippen molar-refractivity contribution in [2.75, 3.05) is 6.98 Å². The molecule has 0 saturated heterocycles. The minimum Gasteiger partial charge on any atom is -0.406 e. The topological polar surface area (TPSA) is 63.4 Å². The van der Waals surface area contributed by atoms with Gasteiger partial charge in [-0.15, -0.1) is 13.2 Å². The minimum atomic E-state index is -4.81. The number of hydrogen-bond donors (Lipinski definition) is 1. The Morgan fingerprint density at radius 2 is 1.68 bits per heavy atom. The monoisotopic (exact) mass is 535 g/mol. The van der Waals surface area contributed by atoms with Crippen molar-refractivity contribution in [1.82, 2.24) is 19.7 Å². The molecule has 11 heteroatoms. The Kier molecular flexibility index (Phi) is 6.67. The zero-order valence-electron chi connectivity index (χ0n) is 23.0. The van der Waals surface area contributed by atoms with Crippen LogP contribution in [0.15, 0.2) is 79.4 Å². The largest absolute Gasteiger partial charge is 0.573 e. The van der Waals surface area contributed by atoms with Gasteiger partial charge in [-0.3, -0.25) is 4.90 Å². The van der Waals surface area contributed by atoms with Gasteiger partial charge in [-0.1, -0.05) is 42.5 Å². The van der Waals surface area contributed by atoms with E-state index in [0.717, 1.165) is 17.0 Å². The molecule has 200 valence electrons. The molecule has 0 bridgehead atoms. The maximum atomic E-state index is 15.0. The van der Waals surface area contributed by atoms with Gasteiger partial charge in [0.05, 0.1) is 6.54 Å². The van der Waals surface area contributed by atoms with Crippen molar-refractivity contribution in [3.05, 3.63) is 102 Å². The van der Waals surface area contributed by atoms with Crippen LogP contribution in [-0.2, 0) is 18.7 Å². The molecule has 0 amide bonds. The first-order valence-electron chi connectivity index (χ1n) is 12.9. The molecule has 4 rings (SSSR count). The van der Waals surface area contributed by atoms with Crippen molar-refractivity contribution in [1.29, 1.82) is 0 Å². The first kappa shape index (κ1) is 23.3. The summed E-state index contributed by atoms with van der Waals surface area (Å²) in [5.41, 5.74) is -0.723. The second kappa shape index (κ2) is 10.9. The average Bonchev–Trinajstić information content (AvgIpc) is 3.39. The molecule has 0 radical (unpaired) electrons. The van der Waals surface area contributed by atoms with Crippen LogP contribution in [0.4, 0.5) is 22.0 Å². The number of aliphatic hydroxyl groups is 1. The molecule has 0 unspecified atom stereocenters. The van der Waals surface area contributed by atoms with Gasteiger partial charge in [0.1, 0.15) is 35.6 Å². The summed E-state index contributed by atoms with van der Waals surface area (Å²) in [7, 11) is 0. The summed E-state index contributed by atoms with van der Waals surface area (Å²) in [5.74, 6) is -2.28. The molecular weight excluding hydrogens is 507 g/mol. The highest BCUT2D eigenvalue weighted by molar-refractivity contribution is 5.64. The summed E-state index contributed by atoms with van der Waals surface area (Å²) in [5, 5.41) is 15.8. The molecule has 38 heavy (non-hydrogen) atoms. The fourth-order valence-corrected chi connectivity index (χ4v) is 4.09. The van der Waals surface area contributed by atoms with Crippen LogP contribution in [0.3, 0.4) is 0 Å². The number of nitrogens with zero attached hydrogens (tertiary/aromatic N) is 4. The number of likely N-dealkylation sites (N-methyl/N-ethyl adjacent to an activating group) is 1. The Balaban J connectivity index is 1.62. The van der Waals surface area contributed by atoms with Crippen molar-refractivity contribution in [2.45, 2.75) is 38.0 Å². The van der Waals surface area contributed by atoms with Gasteiger partial charge in [-0.25, -0.2) is 18.4 Å². The Morgan fingerprint density at radius 1 is 1.03 bits per heavy atom. The van der Waals surface area contributed by atoms with Gasteiger partial charge in [0.25, 0.3) is 0 Å². The molecule has 0 spiro atoms. The maximum Gasteiger partial charge on any atom is 0.573 e. The lowest BCUT2D eigenvalue weighted by Crippen LogP contribution is -2.50. The predicted octanol–water partition coefficient (Wildman–Crippen LogP) is 5.53. The molecule has 1 heterocycles. The Morgan fingerprint density at radius 3 is 2.24 bits per heavy atom. The zero-order valence-corrected chi connectivity index (χ0v) is 20.0. The van der Waals surface area contributed by atoms with Gasteiger partial charge in [-0.2, -0.15) is 5.10 Å². The van der Waals surface area contributed by atoms with Crippen LogP contribution < -0.4 is 4.74 Å². The summed E-state index contributed by atoms with van der Waals surface area (Å²) < 4.78 is 95.6. The first-order valence-corrected chi connectivity index (χ1v) is 11.4. The third-order valence-electron chi connectivity index (χ3n) is 6.15. The molecule has 3 aromatic carbocycles. The SMILES string of the molecule is [2H]C([2H])([2H])N(Cc1ccc(-c2ccc(OC(F)(F)F)cc2)cc1)[C@H](C)[C@](O)(Cn1cncn1)c1ccc(F)cc1F. The molecule has 0 aliphatic rings. The second-order valence-electron chi connectivity index (χ2n) is 8.71. The van der Waals surface area contributed by atoms with E-state index in [9.17, 15) is 27.1 Å². The molecule has 2 atom stereocenters. The number of ether oxygens (including phenoxy) is 1. The van der Waals surface area contributed by atoms with Crippen LogP contribution in [-0.4, -0.2) is 44.2 Å². The van der Waals surface area contributed by atoms with Gasteiger partial charge in [0.2, 0.25) is 0 Å². The lowest BCUT2D eigenvalue weighted by Gasteiger charge is -2.40. The van der Waals surface area contributed by atoms with Gasteiger partial charge in [0, 0.05) is 28.3 Å². The van der Waals surface area contributed by atoms with E-state index in [-0.39, 0.29) is 24.4 Å². The Hall–Kier alpha value is -3.83. The highest BCUT2D eigenvalue weighted by Gasteiger charge is 2.41. The van der Waals surface area contributed by atoms with Crippen molar-refractivity contribution in [3.63, 3.8) is 0 Å². The molecule has 0 fully saturated rings. The van der Waals surface area contributed by atoms with Crippen LogP contribution in [0.1, 0.15) is 22.2 Å². The smallest absolute Gasteiger partial charge is 0.406 e. The first-order chi connectivity index (χ1) is 19.2. The van der Waals surface area contributed by atoms with E-state index in [1.807, 2.05) is 0 Å². The lowest BCUT2D eigenvalue weighted by molar-refractivity contribution is -0.274. The van der Waals surface area contributed by atoms with Crippen LogP contribution in [0.5, 0.6) is 5.75 Å². The number of aromatic nitrogens is 3. The number of hydrogen-bond acceptors (Lipinski definition) is 5. The third-order valence-corrected chi connectivity index (χ3v) is 6.15. The summed E-state index contributed by atoms with van der Waals surface area (Å²) in [6, 6.07) is 13.3. The highest BCUT2D eigenvalue weighted by atomic mass is 19.4. The van der Waals surface area contributed by atoms with E-state index in [1.54, 1.807) is 24.3 Å². The molecule has 6 nitrogen and oxygen atoms in total. The Labute approximate surface area is 220 Å². The lowest BCUT2D eigenvalue weighted by atomic mass is 9.85. The molecule has 1 N–H and O–H groups in total. The Bertz CT molecular complexity index is 1450. The molecule has 0 aliphatic carbocycles. The fraction of sp³-hybridized carbons (Fsp3) is 0.259. The standard InChI is InChI=1S/C27H25F5N4O2/c1-18(26(37,15-36-17-33-16-34-36)24-12-9-22(28)13-25(24)29)35(2)14-19-3-5-20(6-4-19)21-7-10-23(11-8-21)38-27(30,31)32/h3-13,16-18,37H,14-15H2,1-2H3/t18-,26-/m1/s1/i2D3. The number of benzene rings is 3. The van der Waals surface area contributed by atoms with E-state index >= 15 is 0 Å². The number of halogens is 5. The van der Waals surface area contributed by atoms with Gasteiger partial charge in [0.15, 0.2) is 0 Å². The molecule has 4 aromatic rings. The van der Waals surface area contributed by atoms with Gasteiger partial charge in [-0.05, 0) is 48.8 Å². The van der Waals surface area contributed by atoms with E-state index < -0.39 is 36.6 Å². The highest BCUT2D eigenvalue weighted by Crippen LogP contribution is 2.33. The quantitative estimate of drug-likeness (QED) is 0.286. The van der Waals surface area contributed by atoms with Crippen molar-refractivity contribution in [2.24, 2.45) is 0 Å².